The molecule has 0 spiro atoms. The molecule has 4 amide bonds. The SMILES string of the molecule is Nc1ncnc2c1c(-c1ccc(Oc3ccccc3)cc1)nn2C1CCN(CC2CN(C[C@H]3CCN(c4ccc5c(c4)C(=O)N(C4CCC(=O)NC4=O)C5=O)C3)C2)CC1. The molecule has 59 heavy (non-hydrogen) atoms. The Morgan fingerprint density at radius 3 is 2.27 bits per heavy atom. The summed E-state index contributed by atoms with van der Waals surface area (Å²) in [7, 11) is 0. The molecule has 2 atom stereocenters. The van der Waals surface area contributed by atoms with Crippen molar-refractivity contribution in [1.82, 2.24) is 39.8 Å². The van der Waals surface area contributed by atoms with Gasteiger partial charge < -0.3 is 25.2 Å². The van der Waals surface area contributed by atoms with E-state index in [4.69, 9.17) is 15.6 Å². The molecule has 1 unspecified atom stereocenters. The molecular weight excluding hydrogens is 749 g/mol. The van der Waals surface area contributed by atoms with Crippen molar-refractivity contribution in [2.24, 2.45) is 11.8 Å². The minimum Gasteiger partial charge on any atom is -0.457 e. The van der Waals surface area contributed by atoms with E-state index < -0.39 is 23.8 Å². The number of rotatable bonds is 10. The minimum absolute atomic E-state index is 0.101. The Morgan fingerprint density at radius 2 is 1.49 bits per heavy atom. The second kappa shape index (κ2) is 15.2. The lowest BCUT2D eigenvalue weighted by Gasteiger charge is -2.44. The summed E-state index contributed by atoms with van der Waals surface area (Å²) in [6.07, 6.45) is 4.80. The van der Waals surface area contributed by atoms with E-state index in [1.165, 1.54) is 6.33 Å². The van der Waals surface area contributed by atoms with Crippen LogP contribution in [-0.2, 0) is 9.59 Å². The number of hydrogen-bond acceptors (Lipinski definition) is 12. The van der Waals surface area contributed by atoms with Crippen molar-refractivity contribution in [1.29, 1.82) is 0 Å². The predicted molar refractivity (Wildman–Crippen MR) is 220 cm³/mol. The zero-order valence-corrected chi connectivity index (χ0v) is 32.7. The van der Waals surface area contributed by atoms with Crippen LogP contribution in [0.4, 0.5) is 11.5 Å². The summed E-state index contributed by atoms with van der Waals surface area (Å²) in [5, 5.41) is 8.15. The summed E-state index contributed by atoms with van der Waals surface area (Å²) in [4.78, 5) is 68.1. The fourth-order valence-corrected chi connectivity index (χ4v) is 9.65. The van der Waals surface area contributed by atoms with E-state index in [9.17, 15) is 19.2 Å². The number of fused-ring (bicyclic) bond motifs is 2. The molecule has 10 rings (SSSR count). The number of anilines is 2. The third kappa shape index (κ3) is 7.07. The first-order chi connectivity index (χ1) is 28.8. The lowest BCUT2D eigenvalue weighted by atomic mass is 9.95. The summed E-state index contributed by atoms with van der Waals surface area (Å²) in [5.41, 5.74) is 10.5. The van der Waals surface area contributed by atoms with Gasteiger partial charge in [-0.3, -0.25) is 29.4 Å². The summed E-state index contributed by atoms with van der Waals surface area (Å²) in [6, 6.07) is 22.3. The molecule has 2 aromatic heterocycles. The van der Waals surface area contributed by atoms with Crippen LogP contribution < -0.4 is 20.7 Å². The first-order valence-corrected chi connectivity index (χ1v) is 20.6. The largest absolute Gasteiger partial charge is 0.457 e. The van der Waals surface area contributed by atoms with Gasteiger partial charge in [-0.15, -0.1) is 0 Å². The summed E-state index contributed by atoms with van der Waals surface area (Å²) in [5.74, 6) is 1.20. The lowest BCUT2D eigenvalue weighted by molar-refractivity contribution is -0.136. The quantitative estimate of drug-likeness (QED) is 0.192. The molecule has 0 aliphatic carbocycles. The van der Waals surface area contributed by atoms with Gasteiger partial charge in [0, 0.05) is 70.0 Å². The molecule has 15 nitrogen and oxygen atoms in total. The van der Waals surface area contributed by atoms with Crippen LogP contribution in [0.15, 0.2) is 79.1 Å². The van der Waals surface area contributed by atoms with Crippen molar-refractivity contribution in [3.63, 3.8) is 0 Å². The van der Waals surface area contributed by atoms with E-state index in [0.29, 0.717) is 28.8 Å². The van der Waals surface area contributed by atoms with E-state index in [0.717, 1.165) is 116 Å². The van der Waals surface area contributed by atoms with Gasteiger partial charge >= 0.3 is 0 Å². The number of amides is 4. The maximum absolute atomic E-state index is 13.4. The van der Waals surface area contributed by atoms with Crippen LogP contribution in [0.3, 0.4) is 0 Å². The Kier molecular flexibility index (Phi) is 9.56. The van der Waals surface area contributed by atoms with E-state index in [1.54, 1.807) is 12.1 Å². The molecule has 4 saturated heterocycles. The average molecular weight is 795 g/mol. The van der Waals surface area contributed by atoms with Crippen LogP contribution in [0.5, 0.6) is 11.5 Å². The normalized spacial score (nSPS) is 22.0. The van der Waals surface area contributed by atoms with Gasteiger partial charge in [-0.05, 0) is 92.1 Å². The van der Waals surface area contributed by atoms with Crippen LogP contribution >= 0.6 is 0 Å². The van der Waals surface area contributed by atoms with Gasteiger partial charge in [0.2, 0.25) is 11.8 Å². The van der Waals surface area contributed by atoms with Gasteiger partial charge in [0.15, 0.2) is 5.65 Å². The molecule has 15 heteroatoms. The van der Waals surface area contributed by atoms with Crippen LogP contribution in [0.1, 0.15) is 58.9 Å². The van der Waals surface area contributed by atoms with Crippen molar-refractivity contribution in [2.75, 3.05) is 63.0 Å². The molecule has 4 fully saturated rings. The van der Waals surface area contributed by atoms with Gasteiger partial charge in [0.25, 0.3) is 11.8 Å². The van der Waals surface area contributed by atoms with Crippen LogP contribution in [0, 0.1) is 11.8 Å². The summed E-state index contributed by atoms with van der Waals surface area (Å²) >= 11 is 0. The van der Waals surface area contributed by atoms with Gasteiger partial charge in [0.05, 0.1) is 22.6 Å². The van der Waals surface area contributed by atoms with Gasteiger partial charge in [0.1, 0.15) is 35.4 Å². The number of likely N-dealkylation sites (tertiary alicyclic amines) is 2. The molecule has 7 heterocycles. The van der Waals surface area contributed by atoms with Crippen LogP contribution in [0.25, 0.3) is 22.3 Å². The van der Waals surface area contributed by atoms with Crippen molar-refractivity contribution in [3.05, 3.63) is 90.3 Å². The zero-order valence-electron chi connectivity index (χ0n) is 32.7. The molecule has 5 aliphatic rings. The number of nitrogen functional groups attached to an aromatic ring is 1. The van der Waals surface area contributed by atoms with Crippen molar-refractivity contribution in [3.8, 4) is 22.8 Å². The van der Waals surface area contributed by atoms with E-state index in [-0.39, 0.29) is 24.8 Å². The number of nitrogens with zero attached hydrogens (tertiary/aromatic N) is 8. The molecule has 0 saturated carbocycles. The zero-order chi connectivity index (χ0) is 40.2. The number of aromatic nitrogens is 4. The summed E-state index contributed by atoms with van der Waals surface area (Å²) < 4.78 is 8.08. The number of benzene rings is 3. The first kappa shape index (κ1) is 37.1. The van der Waals surface area contributed by atoms with Gasteiger partial charge in [-0.25, -0.2) is 14.6 Å². The topological polar surface area (TPSA) is 172 Å². The highest BCUT2D eigenvalue weighted by Gasteiger charge is 2.45. The molecule has 0 radical (unpaired) electrons. The van der Waals surface area contributed by atoms with Crippen LogP contribution in [-0.4, -0.2) is 116 Å². The fraction of sp³-hybridized carbons (Fsp3) is 0.386. The molecule has 5 aromatic rings. The second-order valence-corrected chi connectivity index (χ2v) is 16.6. The first-order valence-electron chi connectivity index (χ1n) is 20.6. The maximum atomic E-state index is 13.4. The number of carbonyl (C=O) groups excluding carboxylic acids is 4. The Morgan fingerprint density at radius 1 is 0.746 bits per heavy atom. The molecule has 302 valence electrons. The van der Waals surface area contributed by atoms with Crippen molar-refractivity contribution in [2.45, 2.75) is 44.2 Å². The fourth-order valence-electron chi connectivity index (χ4n) is 9.65. The number of imide groups is 2. The third-order valence-corrected chi connectivity index (χ3v) is 12.7. The number of piperidine rings is 2. The highest BCUT2D eigenvalue weighted by molar-refractivity contribution is 6.23. The number of hydrogen-bond donors (Lipinski definition) is 2. The Labute approximate surface area is 341 Å². The summed E-state index contributed by atoms with van der Waals surface area (Å²) in [6.45, 7) is 8.11. The maximum Gasteiger partial charge on any atom is 0.262 e. The number of nitrogens with one attached hydrogen (secondary N) is 1. The highest BCUT2D eigenvalue weighted by atomic mass is 16.5. The smallest absolute Gasteiger partial charge is 0.262 e. The molecular formula is C44H46N10O5. The number of nitrogens with two attached hydrogens (primary N) is 1. The molecule has 5 aliphatic heterocycles. The van der Waals surface area contributed by atoms with Crippen LogP contribution in [0.2, 0.25) is 0 Å². The monoisotopic (exact) mass is 794 g/mol. The molecule has 3 N–H and O–H groups in total. The van der Waals surface area contributed by atoms with E-state index in [2.05, 4.69) is 34.7 Å². The van der Waals surface area contributed by atoms with Gasteiger partial charge in [-0.1, -0.05) is 18.2 Å². The number of carbonyl (C=O) groups is 4. The van der Waals surface area contributed by atoms with Gasteiger partial charge in [-0.2, -0.15) is 5.10 Å². The lowest BCUT2D eigenvalue weighted by Crippen LogP contribution is -2.54. The predicted octanol–water partition coefficient (Wildman–Crippen LogP) is 4.36. The minimum atomic E-state index is -0.962. The highest BCUT2D eigenvalue weighted by Crippen LogP contribution is 2.37. The second-order valence-electron chi connectivity index (χ2n) is 16.6. The number of para-hydroxylation sites is 1. The molecule has 3 aromatic carbocycles. The average Bonchev–Trinajstić information content (AvgIpc) is 3.93. The van der Waals surface area contributed by atoms with E-state index in [1.807, 2.05) is 60.7 Å². The molecule has 0 bridgehead atoms. The van der Waals surface area contributed by atoms with Crippen molar-refractivity contribution < 1.29 is 23.9 Å². The third-order valence-electron chi connectivity index (χ3n) is 12.7. The number of ether oxygens (including phenoxy) is 1. The van der Waals surface area contributed by atoms with E-state index >= 15 is 0 Å². The Hall–Kier alpha value is -6.19. The van der Waals surface area contributed by atoms with Crippen molar-refractivity contribution >= 4 is 46.2 Å². The Bertz CT molecular complexity index is 2440. The Balaban J connectivity index is 0.705. The standard InChI is InChI=1S/C44H46N10O5/c45-40-38-39(29-6-9-33(10-7-29)59-32-4-2-1-3-5-32)49-54(41(38)47-26-46-40)30-15-17-50(18-16-30)22-28-23-51(24-28)21-27-14-19-52(25-27)31-8-11-34-35(20-31)44(58)53(43(34)57)36-12-13-37(55)48-42(36)56/h1-11,20,26-28,30,36H,12-19,21-25H2,(H2,45,46,47)(H,48,55,56)/t27-,36?/m1/s1.